The average molecular weight is 338 g/mol. The van der Waals surface area contributed by atoms with Crippen molar-refractivity contribution in [2.75, 3.05) is 26.9 Å². The van der Waals surface area contributed by atoms with Crippen molar-refractivity contribution in [2.24, 2.45) is 5.41 Å². The SMILES string of the molecule is COCC(OC(=O)c1ccccc1)C(C)(C)CCOCC(C)(C)O. The van der Waals surface area contributed by atoms with Gasteiger partial charge in [0.15, 0.2) is 0 Å². The third-order valence-electron chi connectivity index (χ3n) is 3.79. The summed E-state index contributed by atoms with van der Waals surface area (Å²) in [5.74, 6) is -0.358. The van der Waals surface area contributed by atoms with Crippen LogP contribution in [0.4, 0.5) is 0 Å². The molecular weight excluding hydrogens is 308 g/mol. The van der Waals surface area contributed by atoms with E-state index in [9.17, 15) is 9.90 Å². The first-order valence-corrected chi connectivity index (χ1v) is 8.21. The molecule has 0 saturated carbocycles. The quantitative estimate of drug-likeness (QED) is 0.525. The third-order valence-corrected chi connectivity index (χ3v) is 3.79. The van der Waals surface area contributed by atoms with E-state index in [4.69, 9.17) is 14.2 Å². The van der Waals surface area contributed by atoms with Crippen LogP contribution < -0.4 is 0 Å². The first-order valence-electron chi connectivity index (χ1n) is 8.21. The molecule has 1 unspecified atom stereocenters. The van der Waals surface area contributed by atoms with Gasteiger partial charge in [0, 0.05) is 19.1 Å². The number of aliphatic hydroxyl groups is 1. The summed E-state index contributed by atoms with van der Waals surface area (Å²) in [7, 11) is 1.59. The van der Waals surface area contributed by atoms with Crippen molar-refractivity contribution in [1.29, 1.82) is 0 Å². The van der Waals surface area contributed by atoms with Crippen molar-refractivity contribution in [3.8, 4) is 0 Å². The minimum absolute atomic E-state index is 0.266. The van der Waals surface area contributed by atoms with Crippen LogP contribution in [0.1, 0.15) is 44.5 Å². The fourth-order valence-electron chi connectivity index (χ4n) is 2.16. The van der Waals surface area contributed by atoms with E-state index in [0.29, 0.717) is 25.2 Å². The van der Waals surface area contributed by atoms with E-state index in [2.05, 4.69) is 0 Å². The zero-order valence-electron chi connectivity index (χ0n) is 15.4. The Morgan fingerprint density at radius 2 is 1.79 bits per heavy atom. The molecular formula is C19H30O5. The summed E-state index contributed by atoms with van der Waals surface area (Å²) in [5.41, 5.74) is -0.650. The molecule has 0 aromatic heterocycles. The Labute approximate surface area is 144 Å². The molecule has 0 aliphatic heterocycles. The Bertz CT molecular complexity index is 490. The van der Waals surface area contributed by atoms with Crippen molar-refractivity contribution >= 4 is 5.97 Å². The molecule has 0 heterocycles. The largest absolute Gasteiger partial charge is 0.456 e. The van der Waals surface area contributed by atoms with Crippen LogP contribution in [0.2, 0.25) is 0 Å². The molecule has 5 heteroatoms. The van der Waals surface area contributed by atoms with Gasteiger partial charge in [-0.25, -0.2) is 4.79 Å². The second kappa shape index (κ2) is 9.16. The van der Waals surface area contributed by atoms with Crippen LogP contribution in [0, 0.1) is 5.41 Å². The Balaban J connectivity index is 2.62. The third kappa shape index (κ3) is 7.43. The summed E-state index contributed by atoms with van der Waals surface area (Å²) in [6.07, 6.45) is 0.292. The van der Waals surface area contributed by atoms with Crippen molar-refractivity contribution in [3.63, 3.8) is 0 Å². The fourth-order valence-corrected chi connectivity index (χ4v) is 2.16. The van der Waals surface area contributed by atoms with Gasteiger partial charge in [-0.1, -0.05) is 32.0 Å². The van der Waals surface area contributed by atoms with Gasteiger partial charge >= 0.3 is 5.97 Å². The molecule has 1 aromatic rings. The van der Waals surface area contributed by atoms with Crippen LogP contribution in [0.3, 0.4) is 0 Å². The fraction of sp³-hybridized carbons (Fsp3) is 0.632. The zero-order chi connectivity index (χ0) is 18.2. The molecule has 0 fully saturated rings. The maximum Gasteiger partial charge on any atom is 0.338 e. The molecule has 136 valence electrons. The molecule has 0 radical (unpaired) electrons. The van der Waals surface area contributed by atoms with Crippen molar-refractivity contribution < 1.29 is 24.1 Å². The molecule has 0 spiro atoms. The highest BCUT2D eigenvalue weighted by Crippen LogP contribution is 2.29. The van der Waals surface area contributed by atoms with E-state index in [0.717, 1.165) is 0 Å². The summed E-state index contributed by atoms with van der Waals surface area (Å²) < 4.78 is 16.4. The van der Waals surface area contributed by atoms with Crippen molar-refractivity contribution in [1.82, 2.24) is 0 Å². The van der Waals surface area contributed by atoms with Gasteiger partial charge < -0.3 is 19.3 Å². The van der Waals surface area contributed by atoms with Crippen LogP contribution >= 0.6 is 0 Å². The van der Waals surface area contributed by atoms with Gasteiger partial charge in [-0.15, -0.1) is 0 Å². The predicted molar refractivity (Wildman–Crippen MR) is 93.0 cm³/mol. The lowest BCUT2D eigenvalue weighted by atomic mass is 9.83. The molecule has 1 N–H and O–H groups in total. The van der Waals surface area contributed by atoms with Gasteiger partial charge in [0.2, 0.25) is 0 Å². The predicted octanol–water partition coefficient (Wildman–Crippen LogP) is 3.06. The molecule has 5 nitrogen and oxygen atoms in total. The van der Waals surface area contributed by atoms with E-state index in [1.54, 1.807) is 45.2 Å². The lowest BCUT2D eigenvalue weighted by molar-refractivity contribution is -0.0619. The summed E-state index contributed by atoms with van der Waals surface area (Å²) in [6.45, 7) is 8.49. The highest BCUT2D eigenvalue weighted by molar-refractivity contribution is 5.89. The summed E-state index contributed by atoms with van der Waals surface area (Å²) in [6, 6.07) is 8.92. The normalized spacial score (nSPS) is 13.6. The van der Waals surface area contributed by atoms with E-state index in [1.807, 2.05) is 19.9 Å². The standard InChI is InChI=1S/C19H30O5/c1-18(2,11-12-23-14-19(3,4)21)16(13-22-5)24-17(20)15-9-7-6-8-10-15/h6-10,16,21H,11-14H2,1-5H3. The van der Waals surface area contributed by atoms with Crippen LogP contribution in [-0.2, 0) is 14.2 Å². The second-order valence-corrected chi connectivity index (χ2v) is 7.32. The summed E-state index contributed by atoms with van der Waals surface area (Å²) >= 11 is 0. The number of benzene rings is 1. The van der Waals surface area contributed by atoms with Gasteiger partial charge in [-0.05, 0) is 32.4 Å². The van der Waals surface area contributed by atoms with Gasteiger partial charge in [-0.3, -0.25) is 0 Å². The summed E-state index contributed by atoms with van der Waals surface area (Å²) in [4.78, 5) is 12.3. The van der Waals surface area contributed by atoms with E-state index in [-0.39, 0.29) is 24.1 Å². The van der Waals surface area contributed by atoms with Gasteiger partial charge in [0.05, 0.1) is 24.4 Å². The average Bonchev–Trinajstić information content (AvgIpc) is 2.51. The molecule has 24 heavy (non-hydrogen) atoms. The van der Waals surface area contributed by atoms with Crippen LogP contribution in [-0.4, -0.2) is 49.7 Å². The number of rotatable bonds is 10. The maximum atomic E-state index is 12.3. The molecule has 0 saturated heterocycles. The maximum absolute atomic E-state index is 12.3. The lowest BCUT2D eigenvalue weighted by Crippen LogP contribution is -2.39. The van der Waals surface area contributed by atoms with Crippen LogP contribution in [0.5, 0.6) is 0 Å². The highest BCUT2D eigenvalue weighted by atomic mass is 16.6. The molecule has 0 bridgehead atoms. The number of carbonyl (C=O) groups excluding carboxylic acids is 1. The monoisotopic (exact) mass is 338 g/mol. The van der Waals surface area contributed by atoms with Crippen LogP contribution in [0.25, 0.3) is 0 Å². The van der Waals surface area contributed by atoms with E-state index in [1.165, 1.54) is 0 Å². The molecule has 1 rings (SSSR count). The van der Waals surface area contributed by atoms with Gasteiger partial charge in [0.25, 0.3) is 0 Å². The molecule has 0 amide bonds. The van der Waals surface area contributed by atoms with Crippen molar-refractivity contribution in [3.05, 3.63) is 35.9 Å². The zero-order valence-corrected chi connectivity index (χ0v) is 15.4. The first kappa shape index (κ1) is 20.6. The number of ether oxygens (including phenoxy) is 3. The number of esters is 1. The minimum Gasteiger partial charge on any atom is -0.456 e. The minimum atomic E-state index is -0.851. The van der Waals surface area contributed by atoms with Crippen LogP contribution in [0.15, 0.2) is 30.3 Å². The van der Waals surface area contributed by atoms with Gasteiger partial charge in [0.1, 0.15) is 6.10 Å². The number of methoxy groups -OCH3 is 1. The lowest BCUT2D eigenvalue weighted by Gasteiger charge is -2.33. The molecule has 1 aromatic carbocycles. The Morgan fingerprint density at radius 1 is 1.17 bits per heavy atom. The topological polar surface area (TPSA) is 65.0 Å². The summed E-state index contributed by atoms with van der Waals surface area (Å²) in [5, 5.41) is 9.67. The Hall–Kier alpha value is -1.43. The smallest absolute Gasteiger partial charge is 0.338 e. The molecule has 1 atom stereocenters. The number of carbonyl (C=O) groups is 1. The molecule has 0 aliphatic rings. The molecule has 0 aliphatic carbocycles. The van der Waals surface area contributed by atoms with Gasteiger partial charge in [-0.2, -0.15) is 0 Å². The highest BCUT2D eigenvalue weighted by Gasteiger charge is 2.33. The van der Waals surface area contributed by atoms with E-state index < -0.39 is 5.60 Å². The first-order chi connectivity index (χ1) is 11.2. The second-order valence-electron chi connectivity index (χ2n) is 7.32. The number of hydrogen-bond donors (Lipinski definition) is 1. The van der Waals surface area contributed by atoms with Crippen molar-refractivity contribution in [2.45, 2.75) is 45.8 Å². The van der Waals surface area contributed by atoms with E-state index >= 15 is 0 Å². The Kier molecular flexibility index (Phi) is 7.87. The number of hydrogen-bond acceptors (Lipinski definition) is 5. The Morgan fingerprint density at radius 3 is 2.33 bits per heavy atom.